The van der Waals surface area contributed by atoms with Gasteiger partial charge in [-0.1, -0.05) is 67.0 Å². The molecule has 582 valence electrons. The summed E-state index contributed by atoms with van der Waals surface area (Å²) in [6, 6.07) is 0.619. The van der Waals surface area contributed by atoms with Crippen LogP contribution in [0, 0.1) is 5.92 Å². The lowest BCUT2D eigenvalue weighted by Crippen LogP contribution is -2.64. The van der Waals surface area contributed by atoms with Crippen LogP contribution in [0.1, 0.15) is 105 Å². The van der Waals surface area contributed by atoms with Crippen molar-refractivity contribution >= 4 is 93.9 Å². The molecule has 36 nitrogen and oxygen atoms in total. The summed E-state index contributed by atoms with van der Waals surface area (Å²) in [5.41, 5.74) is 20.1. The number of phenolic OH excluding ortho intramolecular Hbond substituents is 3. The van der Waals surface area contributed by atoms with Crippen LogP contribution >= 0.6 is 35.0 Å². The number of carboxylic acid groups (broad SMARTS) is 1. The van der Waals surface area contributed by atoms with Gasteiger partial charge < -0.3 is 135 Å². The number of rotatable bonds is 15. The number of aromatic nitrogens is 2. The molecule has 5 aromatic carbocycles. The van der Waals surface area contributed by atoms with Gasteiger partial charge in [0.05, 0.1) is 40.8 Å². The molecule has 7 amide bonds. The molecule has 2 saturated heterocycles. The second kappa shape index (κ2) is 32.6. The van der Waals surface area contributed by atoms with Gasteiger partial charge in [-0.25, -0.2) is 14.8 Å². The maximum atomic E-state index is 16.2. The number of phenols is 3. The molecule has 8 heterocycles. The van der Waals surface area contributed by atoms with E-state index in [1.165, 1.54) is 39.1 Å². The number of carbonyl (C=O) groups excluding carboxylic acids is 7. The maximum Gasteiger partial charge on any atom is 0.330 e. The number of aromatic hydroxyl groups is 3. The predicted molar refractivity (Wildman–Crippen MR) is 384 cm³/mol. The molecule has 109 heavy (non-hydrogen) atoms. The number of nitrogens with one attached hydrogen (secondary N) is 7. The van der Waals surface area contributed by atoms with Crippen LogP contribution in [-0.4, -0.2) is 195 Å². The van der Waals surface area contributed by atoms with Gasteiger partial charge in [-0.2, -0.15) is 0 Å². The summed E-state index contributed by atoms with van der Waals surface area (Å²) in [6.45, 7) is 6.65. The molecule has 18 atom stereocenters. The van der Waals surface area contributed by atoms with E-state index in [-0.39, 0.29) is 68.8 Å². The number of likely N-dealkylation sites (N-methyl/N-ethyl adjacent to an activating group) is 1. The van der Waals surface area contributed by atoms with E-state index in [2.05, 4.69) is 47.2 Å². The number of hydrogen-bond donors (Lipinski definition) is 20. The molecule has 0 spiro atoms. The Kier molecular flexibility index (Phi) is 23.9. The summed E-state index contributed by atoms with van der Waals surface area (Å²) >= 11 is 15.1. The number of benzene rings is 5. The van der Waals surface area contributed by atoms with Crippen LogP contribution in [-0.2, 0) is 52.6 Å². The van der Waals surface area contributed by atoms with Gasteiger partial charge in [0.15, 0.2) is 35.1 Å². The lowest BCUT2D eigenvalue weighted by Gasteiger charge is -2.47. The van der Waals surface area contributed by atoms with Crippen LogP contribution in [0.5, 0.6) is 46.0 Å². The van der Waals surface area contributed by atoms with Crippen LogP contribution < -0.4 is 74.4 Å². The fraction of sp³-hybridized carbons (Fsp3) is 0.400. The average molecular weight is 1570 g/mol. The average Bonchev–Trinajstić information content (AvgIpc) is 0.767. The Morgan fingerprint density at radius 1 is 0.716 bits per heavy atom. The van der Waals surface area contributed by atoms with Crippen LogP contribution in [0.25, 0.3) is 11.1 Å². The number of nitrogens with zero attached hydrogens (tertiary/aromatic N) is 2. The minimum absolute atomic E-state index is 0.000331. The number of hydrogen-bond acceptors (Lipinski definition) is 29. The second-order valence-corrected chi connectivity index (χ2v) is 29.1. The molecule has 1 aromatic heterocycles. The third-order valence-electron chi connectivity index (χ3n) is 18.7. The second-order valence-electron chi connectivity index (χ2n) is 27.3. The number of amides is 7. The highest BCUT2D eigenvalue weighted by Gasteiger charge is 2.52. The van der Waals surface area contributed by atoms with Gasteiger partial charge in [0.2, 0.25) is 53.4 Å². The number of aliphatic hydroxyl groups is 5. The molecule has 11 bridgehead atoms. The number of nitrogen functional groups attached to an aromatic ring is 2. The number of thioether (sulfide) groups is 1. The summed E-state index contributed by atoms with van der Waals surface area (Å²) in [6.07, 6.45) is -18.4. The van der Waals surface area contributed by atoms with Crippen molar-refractivity contribution in [2.45, 2.75) is 161 Å². The van der Waals surface area contributed by atoms with Crippen LogP contribution in [0.4, 0.5) is 11.6 Å². The van der Waals surface area contributed by atoms with E-state index in [1.807, 2.05) is 13.8 Å². The fourth-order valence-electron chi connectivity index (χ4n) is 13.2. The summed E-state index contributed by atoms with van der Waals surface area (Å²) in [5, 5.41) is 122. The van der Waals surface area contributed by atoms with Crippen LogP contribution in [0.2, 0.25) is 10.0 Å². The Bertz CT molecular complexity index is 4550. The van der Waals surface area contributed by atoms with Gasteiger partial charge in [0, 0.05) is 46.5 Å². The highest BCUT2D eigenvalue weighted by molar-refractivity contribution is 7.99. The summed E-state index contributed by atoms with van der Waals surface area (Å²) < 4.78 is 39.4. The molecule has 2 fully saturated rings. The Balaban J connectivity index is 1.17. The number of fused-ring (bicyclic) bond motifs is 15. The summed E-state index contributed by atoms with van der Waals surface area (Å²) in [7, 11) is 1.47. The molecule has 39 heteroatoms. The van der Waals surface area contributed by atoms with E-state index in [9.17, 15) is 69.9 Å². The van der Waals surface area contributed by atoms with Crippen molar-refractivity contribution in [2.24, 2.45) is 17.4 Å². The van der Waals surface area contributed by atoms with Crippen molar-refractivity contribution in [1.29, 1.82) is 0 Å². The first kappa shape index (κ1) is 79.9. The first-order chi connectivity index (χ1) is 51.5. The molecule has 7 aliphatic heterocycles. The van der Waals surface area contributed by atoms with E-state index in [4.69, 9.17) is 74.6 Å². The highest BCUT2D eigenvalue weighted by atomic mass is 35.5. The number of primary amides is 1. The molecule has 0 radical (unpaired) electrons. The van der Waals surface area contributed by atoms with Gasteiger partial charge in [-0.15, -0.1) is 0 Å². The van der Waals surface area contributed by atoms with Crippen LogP contribution in [0.15, 0.2) is 90.1 Å². The van der Waals surface area contributed by atoms with Crippen molar-refractivity contribution < 1.29 is 113 Å². The maximum absolute atomic E-state index is 16.2. The van der Waals surface area contributed by atoms with E-state index < -0.39 is 231 Å². The third-order valence-corrected chi connectivity index (χ3v) is 20.2. The topological polar surface area (TPSA) is 588 Å². The molecule has 24 N–H and O–H groups in total. The first-order valence-corrected chi connectivity index (χ1v) is 35.6. The number of halogens is 2. The number of nitrogens with two attached hydrogens (primary N) is 4. The van der Waals surface area contributed by atoms with Crippen molar-refractivity contribution in [3.63, 3.8) is 0 Å². The number of ether oxygens (including phenoxy) is 6. The largest absolute Gasteiger partial charge is 0.508 e. The zero-order chi connectivity index (χ0) is 79.1. The fourth-order valence-corrected chi connectivity index (χ4v) is 14.5. The number of anilines is 2. The molecule has 0 saturated carbocycles. The third kappa shape index (κ3) is 17.5. The Morgan fingerprint density at radius 2 is 1.32 bits per heavy atom. The monoisotopic (exact) mass is 1570 g/mol. The van der Waals surface area contributed by atoms with E-state index in [0.717, 1.165) is 78.5 Å². The minimum Gasteiger partial charge on any atom is -0.508 e. The number of carboxylic acids is 1. The molecular formula is C70H79Cl2N13O23S. The number of carbonyl (C=O) groups is 8. The van der Waals surface area contributed by atoms with Gasteiger partial charge in [-0.05, 0) is 110 Å². The summed E-state index contributed by atoms with van der Waals surface area (Å²) in [5.74, 6) is -16.4. The minimum atomic E-state index is -2.36. The van der Waals surface area contributed by atoms with Gasteiger partial charge in [0.1, 0.15) is 95.0 Å². The van der Waals surface area contributed by atoms with Crippen LogP contribution in [0.3, 0.4) is 0 Å². The summed E-state index contributed by atoms with van der Waals surface area (Å²) in [4.78, 5) is 126. The Labute approximate surface area is 633 Å². The number of aliphatic carboxylic acids is 1. The quantitative estimate of drug-likeness (QED) is 0.0501. The van der Waals surface area contributed by atoms with Crippen molar-refractivity contribution in [3.8, 4) is 57.1 Å². The normalized spacial score (nSPS) is 28.1. The SMILES string of the molecule is CN[C@@H](CC(C)C)C(=O)N[C@H]1C(=O)N[C@@H](CC(N)=O)C(=O)NC2C(=O)NC3C(=O)N[C@H](C(=O)N[C@@H](C(=O)O)c4cc(O)cc(O)c4-c4cc3ccc4O)[C@H](O)c3ccc(c(Cl)c3)Oc3cc2cc(c3OC2OC(CSc3nc(N)cc(N)n3)C(O)C(O)C2OC2CC(C)(N)C(O)C(C)O2)Oc2ccc(cc2Cl)[C@H]1O. The first-order valence-electron chi connectivity index (χ1n) is 33.8. The molecule has 7 aliphatic rings. The molecule has 6 aromatic rings. The smallest absolute Gasteiger partial charge is 0.330 e. The standard InChI is InChI=1S/C70H79Cl2N13O23S/c1-24(2)12-35(77-5)61(95)84-52-54(90)27-7-10-39(33(71)14-27)104-41-16-29-17-42(58(41)108-68-59(107-47-22-70(4,76)60(94)25(3)103-47)57(93)56(92)43(106-68)23-109-69-79-44(73)21-45(74)80-69)105-40-11-8-28(15-34(40)72)55(91)53-66(100)83-51(67(101)102)32-18-30(86)19-38(88)48(32)31-13-26(6-9-37(31)87)49(63(97)85-53)82-64(98)50(29)81-62(96)36(20-46(75)89)78-65(52)99/h6-11,13-19,21,24-25,35-36,43,47,49-57,59-60,68,77,86-88,90-94H,12,20,22-23,76H2,1-5H3,(H2,75,89)(H,78,99)(H,81,96)(H,82,98)(H,83,100)(H,84,95)(H,85,97)(H,101,102)(H4,73,74,79,80)/t25?,35-,36-,43?,47?,49?,50?,51+,52+,53-,54+,55+,56?,57?,59?,60?,68?,70?/m0/s1. The lowest BCUT2D eigenvalue weighted by atomic mass is 9.86. The van der Waals surface area contributed by atoms with Gasteiger partial charge >= 0.3 is 5.97 Å². The number of aliphatic hydroxyl groups excluding tert-OH is 5. The Morgan fingerprint density at radius 3 is 1.92 bits per heavy atom. The van der Waals surface area contributed by atoms with Gasteiger partial charge in [-0.3, -0.25) is 33.6 Å². The van der Waals surface area contributed by atoms with Gasteiger partial charge in [0.25, 0.3) is 0 Å². The highest BCUT2D eigenvalue weighted by Crippen LogP contribution is 2.50. The predicted octanol–water partition coefficient (Wildman–Crippen LogP) is 0.861. The zero-order valence-corrected chi connectivity index (χ0v) is 60.7. The van der Waals surface area contributed by atoms with E-state index in [1.54, 1.807) is 0 Å². The molecule has 11 unspecified atom stereocenters. The lowest BCUT2D eigenvalue weighted by molar-refractivity contribution is -0.329. The van der Waals surface area contributed by atoms with Crippen molar-refractivity contribution in [2.75, 3.05) is 24.3 Å². The van der Waals surface area contributed by atoms with Crippen molar-refractivity contribution in [3.05, 3.63) is 123 Å². The molecule has 13 rings (SSSR count). The Hall–Kier alpha value is -10.1. The van der Waals surface area contributed by atoms with E-state index in [0.29, 0.717) is 0 Å². The zero-order valence-electron chi connectivity index (χ0n) is 58.4. The van der Waals surface area contributed by atoms with Crippen molar-refractivity contribution in [1.82, 2.24) is 47.2 Å². The molecule has 0 aliphatic carbocycles. The van der Waals surface area contributed by atoms with E-state index >= 15 is 14.4 Å². The molecular weight excluding hydrogens is 1490 g/mol.